The van der Waals surface area contributed by atoms with E-state index in [0.717, 1.165) is 19.4 Å². The van der Waals surface area contributed by atoms with Gasteiger partial charge in [0.15, 0.2) is 0 Å². The molecule has 0 heterocycles. The van der Waals surface area contributed by atoms with Crippen LogP contribution < -0.4 is 0 Å². The highest BCUT2D eigenvalue weighted by Crippen LogP contribution is 2.27. The van der Waals surface area contributed by atoms with Crippen LogP contribution in [-0.2, 0) is 4.79 Å². The lowest BCUT2D eigenvalue weighted by molar-refractivity contribution is -0.139. The van der Waals surface area contributed by atoms with Crippen molar-refractivity contribution in [2.45, 2.75) is 38.1 Å². The molecule has 0 aromatic carbocycles. The average molecular weight is 209 g/mol. The summed E-state index contributed by atoms with van der Waals surface area (Å²) in [4.78, 5) is 12.9. The lowest BCUT2D eigenvalue weighted by Crippen LogP contribution is -2.45. The van der Waals surface area contributed by atoms with Crippen LogP contribution in [-0.4, -0.2) is 35.1 Å². The van der Waals surface area contributed by atoms with Gasteiger partial charge in [-0.25, -0.2) is 0 Å². The highest BCUT2D eigenvalue weighted by molar-refractivity contribution is 5.69. The quantitative estimate of drug-likeness (QED) is 0.703. The molecule has 0 radical (unpaired) electrons. The molecule has 0 aliphatic heterocycles. The summed E-state index contributed by atoms with van der Waals surface area (Å²) in [6, 6.07) is 0.543. The Labute approximate surface area is 90.8 Å². The minimum absolute atomic E-state index is 0.223. The van der Waals surface area contributed by atoms with Gasteiger partial charge in [0, 0.05) is 12.6 Å². The van der Waals surface area contributed by atoms with Crippen molar-refractivity contribution in [3.05, 3.63) is 12.2 Å². The van der Waals surface area contributed by atoms with Crippen LogP contribution in [0.4, 0.5) is 0 Å². The SMILES string of the molecule is O=C(O)CN(CC1CC=CC1)C1CCC1. The first-order valence-corrected chi connectivity index (χ1v) is 5.86. The molecular weight excluding hydrogens is 190 g/mol. The van der Waals surface area contributed by atoms with Crippen molar-refractivity contribution in [3.8, 4) is 0 Å². The molecule has 3 nitrogen and oxygen atoms in total. The Hall–Kier alpha value is -0.830. The van der Waals surface area contributed by atoms with Gasteiger partial charge in [0.2, 0.25) is 0 Å². The van der Waals surface area contributed by atoms with Crippen molar-refractivity contribution in [2.24, 2.45) is 5.92 Å². The van der Waals surface area contributed by atoms with E-state index in [1.54, 1.807) is 0 Å². The van der Waals surface area contributed by atoms with E-state index in [9.17, 15) is 4.79 Å². The molecule has 1 saturated carbocycles. The van der Waals surface area contributed by atoms with Gasteiger partial charge in [0.1, 0.15) is 0 Å². The van der Waals surface area contributed by atoms with Gasteiger partial charge in [-0.05, 0) is 31.6 Å². The van der Waals surface area contributed by atoms with E-state index in [1.807, 2.05) is 0 Å². The van der Waals surface area contributed by atoms with Gasteiger partial charge in [-0.3, -0.25) is 9.69 Å². The molecule has 1 N–H and O–H groups in total. The zero-order valence-electron chi connectivity index (χ0n) is 9.06. The number of rotatable bonds is 5. The summed E-state index contributed by atoms with van der Waals surface area (Å²) in [5.41, 5.74) is 0. The normalized spacial score (nSPS) is 22.2. The van der Waals surface area contributed by atoms with Crippen molar-refractivity contribution in [3.63, 3.8) is 0 Å². The highest BCUT2D eigenvalue weighted by Gasteiger charge is 2.28. The van der Waals surface area contributed by atoms with Gasteiger partial charge >= 0.3 is 5.97 Å². The lowest BCUT2D eigenvalue weighted by Gasteiger charge is -2.38. The molecule has 0 atom stereocenters. The molecule has 0 aromatic heterocycles. The summed E-state index contributed by atoms with van der Waals surface area (Å²) in [6.07, 6.45) is 10.3. The molecule has 1 fully saturated rings. The van der Waals surface area contributed by atoms with E-state index >= 15 is 0 Å². The fourth-order valence-corrected chi connectivity index (χ4v) is 2.42. The van der Waals surface area contributed by atoms with Gasteiger partial charge in [-0.1, -0.05) is 18.6 Å². The Balaban J connectivity index is 1.83. The number of carbonyl (C=O) groups is 1. The Bertz CT molecular complexity index is 250. The molecule has 2 aliphatic rings. The molecule has 0 bridgehead atoms. The second-order valence-electron chi connectivity index (χ2n) is 4.72. The standard InChI is InChI=1S/C12H19NO2/c14-12(15)9-13(11-6-3-7-11)8-10-4-1-2-5-10/h1-2,10-11H,3-9H2,(H,14,15). The van der Waals surface area contributed by atoms with E-state index in [4.69, 9.17) is 5.11 Å². The van der Waals surface area contributed by atoms with Crippen LogP contribution in [0.25, 0.3) is 0 Å². The molecule has 0 aromatic rings. The van der Waals surface area contributed by atoms with Crippen LogP contribution in [0.15, 0.2) is 12.2 Å². The van der Waals surface area contributed by atoms with Gasteiger partial charge < -0.3 is 5.11 Å². The largest absolute Gasteiger partial charge is 0.480 e. The van der Waals surface area contributed by atoms with Crippen LogP contribution in [0, 0.1) is 5.92 Å². The van der Waals surface area contributed by atoms with Crippen molar-refractivity contribution < 1.29 is 9.90 Å². The fourth-order valence-electron chi connectivity index (χ4n) is 2.42. The van der Waals surface area contributed by atoms with E-state index in [1.165, 1.54) is 19.3 Å². The maximum absolute atomic E-state index is 10.8. The third-order valence-corrected chi connectivity index (χ3v) is 3.53. The number of carboxylic acid groups (broad SMARTS) is 1. The number of carboxylic acids is 1. The minimum atomic E-state index is -0.687. The third-order valence-electron chi connectivity index (χ3n) is 3.53. The van der Waals surface area contributed by atoms with Gasteiger partial charge in [0.25, 0.3) is 0 Å². The van der Waals surface area contributed by atoms with Crippen molar-refractivity contribution in [1.29, 1.82) is 0 Å². The maximum Gasteiger partial charge on any atom is 0.317 e. The number of hydrogen-bond acceptors (Lipinski definition) is 2. The summed E-state index contributed by atoms with van der Waals surface area (Å²) >= 11 is 0. The summed E-state index contributed by atoms with van der Waals surface area (Å²) in [5.74, 6) is -0.0298. The summed E-state index contributed by atoms with van der Waals surface area (Å²) < 4.78 is 0. The molecule has 0 unspecified atom stereocenters. The monoisotopic (exact) mass is 209 g/mol. The van der Waals surface area contributed by atoms with E-state index < -0.39 is 5.97 Å². The van der Waals surface area contributed by atoms with Gasteiger partial charge in [0.05, 0.1) is 6.54 Å². The van der Waals surface area contributed by atoms with Crippen molar-refractivity contribution in [2.75, 3.05) is 13.1 Å². The smallest absolute Gasteiger partial charge is 0.317 e. The van der Waals surface area contributed by atoms with Crippen LogP contribution >= 0.6 is 0 Å². The first-order valence-electron chi connectivity index (χ1n) is 5.86. The zero-order chi connectivity index (χ0) is 10.7. The number of allylic oxidation sites excluding steroid dienone is 2. The van der Waals surface area contributed by atoms with Crippen LogP contribution in [0.1, 0.15) is 32.1 Å². The lowest BCUT2D eigenvalue weighted by atomic mass is 9.90. The maximum atomic E-state index is 10.8. The summed E-state index contributed by atoms with van der Waals surface area (Å²) in [5, 5.41) is 8.87. The van der Waals surface area contributed by atoms with Gasteiger partial charge in [-0.15, -0.1) is 0 Å². The summed E-state index contributed by atoms with van der Waals surface area (Å²) in [6.45, 7) is 1.19. The Morgan fingerprint density at radius 1 is 1.33 bits per heavy atom. The Kier molecular flexibility index (Phi) is 3.41. The van der Waals surface area contributed by atoms with Crippen molar-refractivity contribution in [1.82, 2.24) is 4.90 Å². The average Bonchev–Trinajstić information content (AvgIpc) is 2.51. The first kappa shape index (κ1) is 10.7. The summed E-state index contributed by atoms with van der Waals surface area (Å²) in [7, 11) is 0. The van der Waals surface area contributed by atoms with Crippen LogP contribution in [0.3, 0.4) is 0 Å². The Morgan fingerprint density at radius 2 is 2.00 bits per heavy atom. The number of hydrogen-bond donors (Lipinski definition) is 1. The molecule has 2 aliphatic carbocycles. The van der Waals surface area contributed by atoms with Crippen LogP contribution in [0.2, 0.25) is 0 Å². The number of aliphatic carboxylic acids is 1. The first-order chi connectivity index (χ1) is 7.25. The van der Waals surface area contributed by atoms with E-state index in [-0.39, 0.29) is 6.54 Å². The molecule has 0 spiro atoms. The molecule has 3 heteroatoms. The predicted molar refractivity (Wildman–Crippen MR) is 58.7 cm³/mol. The predicted octanol–water partition coefficient (Wildman–Crippen LogP) is 1.89. The third kappa shape index (κ3) is 2.81. The second kappa shape index (κ2) is 4.79. The number of nitrogens with zero attached hydrogens (tertiary/aromatic N) is 1. The second-order valence-corrected chi connectivity index (χ2v) is 4.72. The Morgan fingerprint density at radius 3 is 2.47 bits per heavy atom. The topological polar surface area (TPSA) is 40.5 Å². The molecule has 15 heavy (non-hydrogen) atoms. The van der Waals surface area contributed by atoms with Gasteiger partial charge in [-0.2, -0.15) is 0 Å². The zero-order valence-corrected chi connectivity index (χ0v) is 9.06. The van der Waals surface area contributed by atoms with Crippen LogP contribution in [0.5, 0.6) is 0 Å². The minimum Gasteiger partial charge on any atom is -0.480 e. The van der Waals surface area contributed by atoms with E-state index in [2.05, 4.69) is 17.1 Å². The van der Waals surface area contributed by atoms with E-state index in [0.29, 0.717) is 12.0 Å². The highest BCUT2D eigenvalue weighted by atomic mass is 16.4. The van der Waals surface area contributed by atoms with Crippen molar-refractivity contribution >= 4 is 5.97 Å². The molecule has 2 rings (SSSR count). The molecule has 84 valence electrons. The molecular formula is C12H19NO2. The fraction of sp³-hybridized carbons (Fsp3) is 0.750. The molecule has 0 saturated heterocycles. The molecule has 0 amide bonds.